The molecule has 0 atom stereocenters. The lowest BCUT2D eigenvalue weighted by Gasteiger charge is -2.04. The van der Waals surface area contributed by atoms with Crippen LogP contribution in [-0.4, -0.2) is 9.78 Å². The van der Waals surface area contributed by atoms with Crippen molar-refractivity contribution in [3.05, 3.63) is 75.6 Å². The Hall–Kier alpha value is -2.55. The Balaban J connectivity index is 2.13. The molecule has 0 amide bonds. The standard InChI is InChI=1S/C21H24N2O/c1-4-5-6-19-20(17-11-7-15(2)8-12-17)22-23(21(19)24)18-13-9-16(3)10-14-18/h7-14,22H,4-6H2,1-3H3. The van der Waals surface area contributed by atoms with Gasteiger partial charge in [-0.2, -0.15) is 0 Å². The molecule has 0 fully saturated rings. The van der Waals surface area contributed by atoms with Gasteiger partial charge in [-0.25, -0.2) is 4.68 Å². The molecule has 0 unspecified atom stereocenters. The number of H-pyrrole nitrogens is 1. The molecule has 0 bridgehead atoms. The number of benzene rings is 2. The molecule has 3 aromatic rings. The Kier molecular flexibility index (Phi) is 4.70. The summed E-state index contributed by atoms with van der Waals surface area (Å²) in [6.45, 7) is 6.27. The predicted octanol–water partition coefficient (Wildman–Crippen LogP) is 4.79. The highest BCUT2D eigenvalue weighted by atomic mass is 16.1. The second-order valence-corrected chi connectivity index (χ2v) is 6.41. The van der Waals surface area contributed by atoms with E-state index in [1.165, 1.54) is 11.1 Å². The van der Waals surface area contributed by atoms with Crippen LogP contribution in [0.2, 0.25) is 0 Å². The van der Waals surface area contributed by atoms with E-state index in [1.54, 1.807) is 4.68 Å². The molecule has 0 aliphatic heterocycles. The van der Waals surface area contributed by atoms with Crippen molar-refractivity contribution < 1.29 is 0 Å². The molecular weight excluding hydrogens is 296 g/mol. The third-order valence-electron chi connectivity index (χ3n) is 4.40. The minimum Gasteiger partial charge on any atom is -0.290 e. The van der Waals surface area contributed by atoms with E-state index in [4.69, 9.17) is 0 Å². The van der Waals surface area contributed by atoms with E-state index < -0.39 is 0 Å². The molecule has 3 heteroatoms. The van der Waals surface area contributed by atoms with Gasteiger partial charge in [0.05, 0.1) is 11.4 Å². The van der Waals surface area contributed by atoms with Crippen molar-refractivity contribution in [1.29, 1.82) is 0 Å². The van der Waals surface area contributed by atoms with Gasteiger partial charge in [0.15, 0.2) is 0 Å². The average molecular weight is 320 g/mol. The van der Waals surface area contributed by atoms with E-state index in [0.29, 0.717) is 0 Å². The maximum absolute atomic E-state index is 13.0. The minimum absolute atomic E-state index is 0.0582. The molecule has 0 saturated heterocycles. The molecular formula is C21H24N2O. The molecule has 3 rings (SSSR count). The van der Waals surface area contributed by atoms with Crippen molar-refractivity contribution in [2.24, 2.45) is 0 Å². The molecule has 3 nitrogen and oxygen atoms in total. The van der Waals surface area contributed by atoms with E-state index in [-0.39, 0.29) is 5.56 Å². The molecule has 0 radical (unpaired) electrons. The summed E-state index contributed by atoms with van der Waals surface area (Å²) < 4.78 is 1.67. The number of aromatic nitrogens is 2. The van der Waals surface area contributed by atoms with Gasteiger partial charge < -0.3 is 0 Å². The van der Waals surface area contributed by atoms with E-state index in [1.807, 2.05) is 31.2 Å². The summed E-state index contributed by atoms with van der Waals surface area (Å²) in [7, 11) is 0. The zero-order chi connectivity index (χ0) is 17.1. The van der Waals surface area contributed by atoms with Crippen LogP contribution in [0.1, 0.15) is 36.5 Å². The number of hydrogen-bond donors (Lipinski definition) is 1. The summed E-state index contributed by atoms with van der Waals surface area (Å²) in [5, 5.41) is 3.33. The van der Waals surface area contributed by atoms with Gasteiger partial charge in [-0.15, -0.1) is 0 Å². The fourth-order valence-corrected chi connectivity index (χ4v) is 2.89. The van der Waals surface area contributed by atoms with E-state index >= 15 is 0 Å². The molecule has 0 aliphatic carbocycles. The van der Waals surface area contributed by atoms with Crippen molar-refractivity contribution >= 4 is 0 Å². The van der Waals surface area contributed by atoms with Gasteiger partial charge in [0.2, 0.25) is 0 Å². The van der Waals surface area contributed by atoms with Crippen LogP contribution in [0.4, 0.5) is 0 Å². The third kappa shape index (κ3) is 3.21. The lowest BCUT2D eigenvalue weighted by molar-refractivity contribution is 0.786. The van der Waals surface area contributed by atoms with Crippen LogP contribution in [0, 0.1) is 13.8 Å². The van der Waals surface area contributed by atoms with Gasteiger partial charge in [0, 0.05) is 5.56 Å². The van der Waals surface area contributed by atoms with Crippen molar-refractivity contribution in [2.75, 3.05) is 0 Å². The monoisotopic (exact) mass is 320 g/mol. The predicted molar refractivity (Wildman–Crippen MR) is 99.9 cm³/mol. The Morgan fingerprint density at radius 2 is 1.50 bits per heavy atom. The molecule has 2 aromatic carbocycles. The third-order valence-corrected chi connectivity index (χ3v) is 4.40. The first-order valence-corrected chi connectivity index (χ1v) is 8.58. The van der Waals surface area contributed by atoms with Crippen LogP contribution >= 0.6 is 0 Å². The Morgan fingerprint density at radius 3 is 2.08 bits per heavy atom. The van der Waals surface area contributed by atoms with Crippen LogP contribution in [0.5, 0.6) is 0 Å². The van der Waals surface area contributed by atoms with Crippen molar-refractivity contribution in [3.63, 3.8) is 0 Å². The summed E-state index contributed by atoms with van der Waals surface area (Å²) in [6, 6.07) is 16.3. The van der Waals surface area contributed by atoms with Crippen LogP contribution in [-0.2, 0) is 6.42 Å². The van der Waals surface area contributed by atoms with Gasteiger partial charge >= 0.3 is 0 Å². The number of nitrogens with zero attached hydrogens (tertiary/aromatic N) is 1. The molecule has 1 N–H and O–H groups in total. The van der Waals surface area contributed by atoms with Gasteiger partial charge in [-0.1, -0.05) is 60.9 Å². The maximum atomic E-state index is 13.0. The molecule has 1 heterocycles. The molecule has 0 aliphatic rings. The first-order chi connectivity index (χ1) is 11.6. The number of aryl methyl sites for hydroxylation is 2. The van der Waals surface area contributed by atoms with Crippen molar-refractivity contribution in [3.8, 4) is 16.9 Å². The topological polar surface area (TPSA) is 37.8 Å². The van der Waals surface area contributed by atoms with E-state index in [9.17, 15) is 4.79 Å². The summed E-state index contributed by atoms with van der Waals surface area (Å²) in [5.41, 5.74) is 6.21. The van der Waals surface area contributed by atoms with Crippen LogP contribution in [0.15, 0.2) is 53.3 Å². The zero-order valence-corrected chi connectivity index (χ0v) is 14.6. The molecule has 0 spiro atoms. The largest absolute Gasteiger partial charge is 0.290 e. The fourth-order valence-electron chi connectivity index (χ4n) is 2.89. The average Bonchev–Trinajstić information content (AvgIpc) is 2.91. The summed E-state index contributed by atoms with van der Waals surface area (Å²) in [5.74, 6) is 0. The summed E-state index contributed by atoms with van der Waals surface area (Å²) in [4.78, 5) is 13.0. The highest BCUT2D eigenvalue weighted by Crippen LogP contribution is 2.23. The van der Waals surface area contributed by atoms with Crippen molar-refractivity contribution in [2.45, 2.75) is 40.0 Å². The highest BCUT2D eigenvalue weighted by Gasteiger charge is 2.16. The first-order valence-electron chi connectivity index (χ1n) is 8.58. The first kappa shape index (κ1) is 16.3. The number of hydrogen-bond acceptors (Lipinski definition) is 1. The fraction of sp³-hybridized carbons (Fsp3) is 0.286. The molecule has 1 aromatic heterocycles. The lowest BCUT2D eigenvalue weighted by atomic mass is 10.0. The zero-order valence-electron chi connectivity index (χ0n) is 14.6. The SMILES string of the molecule is CCCCc1c(-c2ccc(C)cc2)[nH]n(-c2ccc(C)cc2)c1=O. The molecule has 124 valence electrons. The van der Waals surface area contributed by atoms with Gasteiger partial charge in [0.25, 0.3) is 5.56 Å². The van der Waals surface area contributed by atoms with Crippen LogP contribution < -0.4 is 5.56 Å². The normalized spacial score (nSPS) is 11.0. The Bertz CT molecular complexity index is 868. The number of unbranched alkanes of at least 4 members (excludes halogenated alkanes) is 1. The smallest absolute Gasteiger partial charge is 0.275 e. The Labute approximate surface area is 143 Å². The lowest BCUT2D eigenvalue weighted by Crippen LogP contribution is -2.17. The molecule has 0 saturated carbocycles. The van der Waals surface area contributed by atoms with Crippen molar-refractivity contribution in [1.82, 2.24) is 9.78 Å². The summed E-state index contributed by atoms with van der Waals surface area (Å²) in [6.07, 6.45) is 2.89. The van der Waals surface area contributed by atoms with E-state index in [2.05, 4.69) is 43.2 Å². The van der Waals surface area contributed by atoms with Gasteiger partial charge in [0.1, 0.15) is 0 Å². The highest BCUT2D eigenvalue weighted by molar-refractivity contribution is 5.63. The minimum atomic E-state index is 0.0582. The summed E-state index contributed by atoms with van der Waals surface area (Å²) >= 11 is 0. The Morgan fingerprint density at radius 1 is 0.917 bits per heavy atom. The van der Waals surface area contributed by atoms with Crippen LogP contribution in [0.25, 0.3) is 16.9 Å². The van der Waals surface area contributed by atoms with E-state index in [0.717, 1.165) is 41.8 Å². The second kappa shape index (κ2) is 6.91. The second-order valence-electron chi connectivity index (χ2n) is 6.41. The molecule has 24 heavy (non-hydrogen) atoms. The maximum Gasteiger partial charge on any atom is 0.275 e. The van der Waals surface area contributed by atoms with Gasteiger partial charge in [-0.3, -0.25) is 9.89 Å². The quantitative estimate of drug-likeness (QED) is 0.721. The number of nitrogens with one attached hydrogen (secondary N) is 1. The number of aromatic amines is 1. The van der Waals surface area contributed by atoms with Gasteiger partial charge in [-0.05, 0) is 44.4 Å². The van der Waals surface area contributed by atoms with Crippen LogP contribution in [0.3, 0.4) is 0 Å². The number of rotatable bonds is 5.